The second-order valence-electron chi connectivity index (χ2n) is 15.4. The smallest absolute Gasteiger partial charge is 0.249 e. The van der Waals surface area contributed by atoms with Crippen molar-refractivity contribution in [2.24, 2.45) is 0 Å². The van der Waals surface area contributed by atoms with Crippen LogP contribution in [0.2, 0.25) is 0 Å². The van der Waals surface area contributed by atoms with Gasteiger partial charge in [0.2, 0.25) is 5.91 Å². The first-order valence-electron chi connectivity index (χ1n) is 22.1. The van der Waals surface area contributed by atoms with Crippen molar-refractivity contribution in [3.05, 3.63) is 12.2 Å². The third-order valence-electron chi connectivity index (χ3n) is 10.5. The van der Waals surface area contributed by atoms with E-state index in [0.29, 0.717) is 12.8 Å². The van der Waals surface area contributed by atoms with E-state index in [9.17, 15) is 25.2 Å². The van der Waals surface area contributed by atoms with Crippen LogP contribution < -0.4 is 5.32 Å². The molecule has 0 saturated carbocycles. The highest BCUT2D eigenvalue weighted by atomic mass is 16.3. The van der Waals surface area contributed by atoms with Crippen LogP contribution in [0.25, 0.3) is 0 Å². The normalized spacial score (nSPS) is 14.3. The molecule has 50 heavy (non-hydrogen) atoms. The maximum absolute atomic E-state index is 12.4. The maximum atomic E-state index is 12.4. The van der Waals surface area contributed by atoms with Gasteiger partial charge in [0.05, 0.1) is 18.8 Å². The number of unbranched alkanes of at least 4 members (excludes halogenated alkanes) is 29. The number of carbonyl (C=O) groups is 1. The summed E-state index contributed by atoms with van der Waals surface area (Å²) in [6.45, 7) is 3.99. The van der Waals surface area contributed by atoms with Gasteiger partial charge in [-0.05, 0) is 32.1 Å². The van der Waals surface area contributed by atoms with E-state index in [0.717, 1.165) is 38.5 Å². The Morgan fingerprint density at radius 1 is 0.480 bits per heavy atom. The summed E-state index contributed by atoms with van der Waals surface area (Å²) in [7, 11) is 0. The van der Waals surface area contributed by atoms with Gasteiger partial charge in [-0.15, -0.1) is 0 Å². The molecule has 0 aromatic heterocycles. The fourth-order valence-corrected chi connectivity index (χ4v) is 6.94. The van der Waals surface area contributed by atoms with Crippen LogP contribution in [-0.2, 0) is 4.79 Å². The number of rotatable bonds is 40. The number of aliphatic hydroxyl groups excluding tert-OH is 4. The molecule has 0 bridgehead atoms. The summed E-state index contributed by atoms with van der Waals surface area (Å²) in [6, 6.07) is -0.979. The first-order valence-corrected chi connectivity index (χ1v) is 22.1. The summed E-state index contributed by atoms with van der Waals surface area (Å²) < 4.78 is 0. The quantitative estimate of drug-likeness (QED) is 0.0321. The van der Waals surface area contributed by atoms with E-state index in [1.165, 1.54) is 167 Å². The Balaban J connectivity index is 3.62. The molecule has 1 amide bonds. The van der Waals surface area contributed by atoms with Crippen LogP contribution in [-0.4, -0.2) is 57.3 Å². The van der Waals surface area contributed by atoms with Crippen LogP contribution in [0.4, 0.5) is 0 Å². The van der Waals surface area contributed by atoms with Gasteiger partial charge in [-0.25, -0.2) is 0 Å². The Morgan fingerprint density at radius 3 is 1.24 bits per heavy atom. The molecular formula is C44H87NO5. The number of carbonyl (C=O) groups excluding carboxylic acids is 1. The molecule has 0 radical (unpaired) electrons. The van der Waals surface area contributed by atoms with Gasteiger partial charge in [-0.2, -0.15) is 0 Å². The molecule has 0 spiro atoms. The molecule has 6 heteroatoms. The summed E-state index contributed by atoms with van der Waals surface area (Å²) in [5.41, 5.74) is 0. The van der Waals surface area contributed by atoms with Gasteiger partial charge in [0, 0.05) is 0 Å². The Kier molecular flexibility index (Phi) is 38.5. The van der Waals surface area contributed by atoms with Crippen LogP contribution in [0.5, 0.6) is 0 Å². The van der Waals surface area contributed by atoms with Gasteiger partial charge in [0.25, 0.3) is 0 Å². The number of amides is 1. The average molecular weight is 710 g/mol. The zero-order valence-electron chi connectivity index (χ0n) is 33.4. The number of nitrogens with one attached hydrogen (secondary N) is 1. The Labute approximate surface area is 311 Å². The predicted molar refractivity (Wildman–Crippen MR) is 215 cm³/mol. The van der Waals surface area contributed by atoms with Gasteiger partial charge in [0.1, 0.15) is 12.2 Å². The van der Waals surface area contributed by atoms with E-state index in [1.807, 2.05) is 0 Å². The molecule has 0 heterocycles. The predicted octanol–water partition coefficient (Wildman–Crippen LogP) is 11.4. The molecule has 0 unspecified atom stereocenters. The highest BCUT2D eigenvalue weighted by Crippen LogP contribution is 2.17. The molecule has 0 aromatic carbocycles. The second-order valence-corrected chi connectivity index (χ2v) is 15.4. The lowest BCUT2D eigenvalue weighted by molar-refractivity contribution is -0.132. The van der Waals surface area contributed by atoms with Crippen molar-refractivity contribution in [1.82, 2.24) is 5.32 Å². The second kappa shape index (κ2) is 39.3. The van der Waals surface area contributed by atoms with E-state index in [4.69, 9.17) is 0 Å². The van der Waals surface area contributed by atoms with E-state index in [-0.39, 0.29) is 0 Å². The first kappa shape index (κ1) is 49.0. The zero-order valence-corrected chi connectivity index (χ0v) is 33.4. The van der Waals surface area contributed by atoms with Gasteiger partial charge < -0.3 is 25.7 Å². The van der Waals surface area contributed by atoms with Crippen molar-refractivity contribution in [2.75, 3.05) is 6.61 Å². The monoisotopic (exact) mass is 710 g/mol. The van der Waals surface area contributed by atoms with Crippen LogP contribution in [0, 0.1) is 0 Å². The number of allylic oxidation sites excluding steroid dienone is 2. The summed E-state index contributed by atoms with van der Waals surface area (Å²) in [6.07, 6.45) is 42.6. The molecule has 0 aliphatic heterocycles. The summed E-state index contributed by atoms with van der Waals surface area (Å²) in [5.74, 6) is -0.584. The van der Waals surface area contributed by atoms with Crippen molar-refractivity contribution in [2.45, 2.75) is 257 Å². The van der Waals surface area contributed by atoms with Crippen LogP contribution in [0.3, 0.4) is 0 Å². The molecule has 6 nitrogen and oxygen atoms in total. The van der Waals surface area contributed by atoms with Crippen molar-refractivity contribution < 1.29 is 25.2 Å². The molecule has 4 atom stereocenters. The molecule has 0 aliphatic rings. The number of hydrogen-bond acceptors (Lipinski definition) is 5. The molecular weight excluding hydrogens is 622 g/mol. The third-order valence-corrected chi connectivity index (χ3v) is 10.5. The van der Waals surface area contributed by atoms with Gasteiger partial charge >= 0.3 is 0 Å². The van der Waals surface area contributed by atoms with E-state index in [2.05, 4.69) is 31.3 Å². The molecule has 0 rings (SSSR count). The molecule has 5 N–H and O–H groups in total. The van der Waals surface area contributed by atoms with Crippen molar-refractivity contribution in [3.63, 3.8) is 0 Å². The molecule has 0 aromatic rings. The minimum atomic E-state index is -1.25. The average Bonchev–Trinajstić information content (AvgIpc) is 3.12. The lowest BCUT2D eigenvalue weighted by atomic mass is 9.99. The van der Waals surface area contributed by atoms with Gasteiger partial charge in [-0.3, -0.25) is 4.79 Å². The Morgan fingerprint density at radius 2 is 0.840 bits per heavy atom. The highest BCUT2D eigenvalue weighted by Gasteiger charge is 2.28. The third kappa shape index (κ3) is 32.9. The molecule has 0 aliphatic carbocycles. The molecule has 298 valence electrons. The summed E-state index contributed by atoms with van der Waals surface area (Å²) in [4.78, 5) is 12.4. The van der Waals surface area contributed by atoms with Crippen LogP contribution in [0.15, 0.2) is 12.2 Å². The number of aliphatic hydroxyl groups is 4. The summed E-state index contributed by atoms with van der Waals surface area (Å²) in [5, 5.41) is 43.6. The largest absolute Gasteiger partial charge is 0.394 e. The minimum Gasteiger partial charge on any atom is -0.394 e. The van der Waals surface area contributed by atoms with Crippen LogP contribution >= 0.6 is 0 Å². The summed E-state index contributed by atoms with van der Waals surface area (Å²) >= 11 is 0. The lowest BCUT2D eigenvalue weighted by Gasteiger charge is -2.27. The van der Waals surface area contributed by atoms with Crippen LogP contribution in [0.1, 0.15) is 232 Å². The van der Waals surface area contributed by atoms with Gasteiger partial charge in [0.15, 0.2) is 0 Å². The Bertz CT molecular complexity index is 717. The highest BCUT2D eigenvalue weighted by molar-refractivity contribution is 5.80. The zero-order chi connectivity index (χ0) is 36.8. The topological polar surface area (TPSA) is 110 Å². The SMILES string of the molecule is CCC/C=C/CCCCCCCCCCCCCCCCCCCCC[C@@H](O)[C@@H](O)[C@H](CO)NC(=O)[C@H](O)CCCCCCCCCCCC. The number of hydrogen-bond donors (Lipinski definition) is 5. The van der Waals surface area contributed by atoms with Crippen molar-refractivity contribution in [1.29, 1.82) is 0 Å². The standard InChI is InChI=1S/C44H87NO5/c1-3-5-7-9-11-13-15-16-17-18-19-20-21-22-23-24-25-26-27-28-30-31-33-35-37-41(47)43(49)40(39-46)45-44(50)42(48)38-36-34-32-29-14-12-10-8-6-4-2/h7,9,40-43,46-49H,3-6,8,10-39H2,1-2H3,(H,45,50)/b9-7+/t40-,41+,42+,43-/m0/s1. The van der Waals surface area contributed by atoms with E-state index < -0.39 is 36.9 Å². The van der Waals surface area contributed by atoms with E-state index in [1.54, 1.807) is 0 Å². The maximum Gasteiger partial charge on any atom is 0.249 e. The molecule has 0 fully saturated rings. The minimum absolute atomic E-state index is 0.373. The lowest BCUT2D eigenvalue weighted by Crippen LogP contribution is -2.53. The first-order chi connectivity index (χ1) is 24.5. The fourth-order valence-electron chi connectivity index (χ4n) is 6.94. The van der Waals surface area contributed by atoms with Gasteiger partial charge in [-0.1, -0.05) is 212 Å². The molecule has 0 saturated heterocycles. The van der Waals surface area contributed by atoms with Crippen molar-refractivity contribution >= 4 is 5.91 Å². The van der Waals surface area contributed by atoms with Crippen molar-refractivity contribution in [3.8, 4) is 0 Å². The Hall–Kier alpha value is -0.950. The fraction of sp³-hybridized carbons (Fsp3) is 0.932. The van der Waals surface area contributed by atoms with E-state index >= 15 is 0 Å².